The van der Waals surface area contributed by atoms with Crippen molar-refractivity contribution in [1.82, 2.24) is 14.8 Å². The van der Waals surface area contributed by atoms with E-state index in [2.05, 4.69) is 45.9 Å². The Morgan fingerprint density at radius 2 is 1.66 bits per heavy atom. The first kappa shape index (κ1) is 26.8. The van der Waals surface area contributed by atoms with Crippen molar-refractivity contribution in [1.29, 1.82) is 0 Å². The van der Waals surface area contributed by atoms with Gasteiger partial charge in [0.25, 0.3) is 12.9 Å². The van der Waals surface area contributed by atoms with Crippen LogP contribution in [0.5, 0.6) is 0 Å². The average Bonchev–Trinajstić information content (AvgIpc) is 2.84. The third kappa shape index (κ3) is 7.35. The normalized spacial score (nSPS) is 19.7. The summed E-state index contributed by atoms with van der Waals surface area (Å²) < 4.78 is 5.57. The molecule has 0 unspecified atom stereocenters. The van der Waals surface area contributed by atoms with Crippen molar-refractivity contribution in [2.24, 2.45) is 0 Å². The van der Waals surface area contributed by atoms with Gasteiger partial charge in [-0.25, -0.2) is 4.98 Å². The van der Waals surface area contributed by atoms with Crippen molar-refractivity contribution >= 4 is 29.7 Å². The Hall–Kier alpha value is -2.79. The van der Waals surface area contributed by atoms with Crippen LogP contribution in [0.25, 0.3) is 10.9 Å². The van der Waals surface area contributed by atoms with Gasteiger partial charge in [0.1, 0.15) is 5.82 Å². The number of nitrogens with zero attached hydrogens (tertiary/aromatic N) is 4. The SMILES string of the molecule is Cc1ccc2cc(CN3CCC(N4CC(O)C4)CC3)c(N3CCOCC3)nc2c1.O=CO.O=CO. The highest BCUT2D eigenvalue weighted by Crippen LogP contribution is 2.28. The monoisotopic (exact) mass is 488 g/mol. The minimum atomic E-state index is -0.250. The molecule has 0 amide bonds. The lowest BCUT2D eigenvalue weighted by atomic mass is 9.98. The molecule has 35 heavy (non-hydrogen) atoms. The number of rotatable bonds is 4. The fourth-order valence-electron chi connectivity index (χ4n) is 4.95. The molecule has 1 aromatic carbocycles. The van der Waals surface area contributed by atoms with Crippen molar-refractivity contribution in [3.63, 3.8) is 0 Å². The van der Waals surface area contributed by atoms with E-state index in [4.69, 9.17) is 29.5 Å². The van der Waals surface area contributed by atoms with Crippen LogP contribution in [0.4, 0.5) is 5.82 Å². The number of carboxylic acid groups (broad SMARTS) is 2. The molecule has 3 fully saturated rings. The number of ether oxygens (including phenoxy) is 1. The summed E-state index contributed by atoms with van der Waals surface area (Å²) in [5.74, 6) is 1.14. The van der Waals surface area contributed by atoms with E-state index in [0.717, 1.165) is 70.4 Å². The number of hydrogen-bond acceptors (Lipinski definition) is 8. The molecule has 10 nitrogen and oxygen atoms in total. The van der Waals surface area contributed by atoms with Crippen molar-refractivity contribution < 1.29 is 29.6 Å². The quantitative estimate of drug-likeness (QED) is 0.544. The van der Waals surface area contributed by atoms with E-state index in [1.165, 1.54) is 29.4 Å². The highest BCUT2D eigenvalue weighted by Gasteiger charge is 2.33. The Labute approximate surface area is 205 Å². The second kappa shape index (κ2) is 13.3. The lowest BCUT2D eigenvalue weighted by Gasteiger charge is -2.45. The fraction of sp³-hybridized carbons (Fsp3) is 0.560. The smallest absolute Gasteiger partial charge is 0.290 e. The van der Waals surface area contributed by atoms with Crippen LogP contribution >= 0.6 is 0 Å². The van der Waals surface area contributed by atoms with Crippen molar-refractivity contribution in [2.75, 3.05) is 57.4 Å². The molecule has 10 heteroatoms. The second-order valence-electron chi connectivity index (χ2n) is 9.09. The lowest BCUT2D eigenvalue weighted by molar-refractivity contribution is -0.123. The highest BCUT2D eigenvalue weighted by atomic mass is 16.5. The van der Waals surface area contributed by atoms with Gasteiger partial charge in [-0.2, -0.15) is 0 Å². The summed E-state index contributed by atoms with van der Waals surface area (Å²) in [5, 5.41) is 24.6. The van der Waals surface area contributed by atoms with Crippen LogP contribution in [-0.2, 0) is 20.9 Å². The van der Waals surface area contributed by atoms with Crippen molar-refractivity contribution in [3.05, 3.63) is 35.4 Å². The predicted octanol–water partition coefficient (Wildman–Crippen LogP) is 1.42. The number of hydrogen-bond donors (Lipinski definition) is 3. The Morgan fingerprint density at radius 3 is 2.26 bits per heavy atom. The third-order valence-corrected chi connectivity index (χ3v) is 6.70. The predicted molar refractivity (Wildman–Crippen MR) is 133 cm³/mol. The Bertz CT molecular complexity index is 948. The molecule has 0 spiro atoms. The average molecular weight is 489 g/mol. The maximum Gasteiger partial charge on any atom is 0.290 e. The number of benzene rings is 1. The topological polar surface area (TPSA) is 127 Å². The highest BCUT2D eigenvalue weighted by molar-refractivity contribution is 5.82. The van der Waals surface area contributed by atoms with Crippen LogP contribution in [0.1, 0.15) is 24.0 Å². The minimum absolute atomic E-state index is 0.101. The summed E-state index contributed by atoms with van der Waals surface area (Å²) in [6.45, 7) is 9.92. The summed E-state index contributed by atoms with van der Waals surface area (Å²) in [5.41, 5.74) is 3.68. The summed E-state index contributed by atoms with van der Waals surface area (Å²) >= 11 is 0. The molecule has 0 radical (unpaired) electrons. The number of fused-ring (bicyclic) bond motifs is 1. The number of piperidine rings is 1. The van der Waals surface area contributed by atoms with Crippen LogP contribution in [0.3, 0.4) is 0 Å². The van der Waals surface area contributed by atoms with Gasteiger partial charge in [0.2, 0.25) is 0 Å². The van der Waals surface area contributed by atoms with Crippen LogP contribution in [-0.4, -0.2) is 108 Å². The first-order valence-electron chi connectivity index (χ1n) is 12.0. The largest absolute Gasteiger partial charge is 0.483 e. The van der Waals surface area contributed by atoms with Gasteiger partial charge in [-0.15, -0.1) is 0 Å². The molecule has 5 rings (SSSR count). The Morgan fingerprint density at radius 1 is 1.03 bits per heavy atom. The van der Waals surface area contributed by atoms with Crippen molar-refractivity contribution in [2.45, 2.75) is 38.5 Å². The number of β-amino-alcohol motifs (C(OH)–C–C–N with tert-alkyl or cyclic N) is 1. The van der Waals surface area contributed by atoms with Gasteiger partial charge in [-0.1, -0.05) is 12.1 Å². The Kier molecular flexibility index (Phi) is 10.2. The summed E-state index contributed by atoms with van der Waals surface area (Å²) in [6.07, 6.45) is 2.29. The summed E-state index contributed by atoms with van der Waals surface area (Å²) in [4.78, 5) is 29.2. The zero-order valence-corrected chi connectivity index (χ0v) is 20.3. The van der Waals surface area contributed by atoms with Crippen LogP contribution in [0, 0.1) is 6.92 Å². The molecule has 4 heterocycles. The number of aromatic nitrogens is 1. The van der Waals surface area contributed by atoms with Gasteiger partial charge in [-0.3, -0.25) is 19.4 Å². The van der Waals surface area contributed by atoms with E-state index in [9.17, 15) is 5.11 Å². The number of pyridine rings is 1. The molecule has 0 atom stereocenters. The first-order chi connectivity index (χ1) is 17.0. The molecular weight excluding hydrogens is 452 g/mol. The molecule has 0 aliphatic carbocycles. The summed E-state index contributed by atoms with van der Waals surface area (Å²) in [7, 11) is 0. The maximum atomic E-state index is 9.58. The molecular formula is C25H36N4O6. The van der Waals surface area contributed by atoms with Gasteiger partial charge in [-0.05, 0) is 50.6 Å². The van der Waals surface area contributed by atoms with E-state index in [1.54, 1.807) is 0 Å². The number of anilines is 1. The number of aliphatic hydroxyl groups excluding tert-OH is 1. The van der Waals surface area contributed by atoms with Gasteiger partial charge in [0, 0.05) is 49.7 Å². The zero-order chi connectivity index (χ0) is 25.2. The molecule has 3 saturated heterocycles. The third-order valence-electron chi connectivity index (χ3n) is 6.70. The molecule has 0 bridgehead atoms. The van der Waals surface area contributed by atoms with Crippen LogP contribution < -0.4 is 4.90 Å². The van der Waals surface area contributed by atoms with Gasteiger partial charge >= 0.3 is 0 Å². The lowest BCUT2D eigenvalue weighted by Crippen LogP contribution is -2.57. The Balaban J connectivity index is 0.000000520. The van der Waals surface area contributed by atoms with Gasteiger partial charge in [0.15, 0.2) is 0 Å². The fourth-order valence-corrected chi connectivity index (χ4v) is 4.95. The van der Waals surface area contributed by atoms with E-state index in [-0.39, 0.29) is 19.0 Å². The zero-order valence-electron chi connectivity index (χ0n) is 20.3. The molecule has 1 aromatic heterocycles. The maximum absolute atomic E-state index is 9.58. The van der Waals surface area contributed by atoms with Crippen LogP contribution in [0.15, 0.2) is 24.3 Å². The molecule has 192 valence electrons. The standard InChI is InChI=1S/C23H32N4O2.2CH2O2/c1-17-2-3-18-13-19(23(24-22(18)12-17)26-8-10-29-11-9-26)14-25-6-4-20(5-7-25)27-15-21(28)16-27;2*2-1-3/h2-3,12-13,20-21,28H,4-11,14-16H2,1H3;2*1H,(H,2,3). The first-order valence-corrected chi connectivity index (χ1v) is 12.0. The van der Waals surface area contributed by atoms with E-state index in [0.29, 0.717) is 6.04 Å². The number of carbonyl (C=O) groups is 2. The summed E-state index contributed by atoms with van der Waals surface area (Å²) in [6, 6.07) is 9.56. The van der Waals surface area contributed by atoms with E-state index in [1.807, 2.05) is 0 Å². The minimum Gasteiger partial charge on any atom is -0.483 e. The van der Waals surface area contributed by atoms with Gasteiger partial charge in [0.05, 0.1) is 24.8 Å². The molecule has 0 saturated carbocycles. The number of morpholine rings is 1. The van der Waals surface area contributed by atoms with Crippen molar-refractivity contribution in [3.8, 4) is 0 Å². The molecule has 3 aliphatic rings. The molecule has 2 aromatic rings. The van der Waals surface area contributed by atoms with Gasteiger partial charge < -0.3 is 25.0 Å². The van der Waals surface area contributed by atoms with E-state index < -0.39 is 0 Å². The molecule has 3 aliphatic heterocycles. The van der Waals surface area contributed by atoms with Crippen LogP contribution in [0.2, 0.25) is 0 Å². The number of aryl methyl sites for hydroxylation is 1. The number of likely N-dealkylation sites (tertiary alicyclic amines) is 2. The van der Waals surface area contributed by atoms with E-state index >= 15 is 0 Å². The molecule has 3 N–H and O–H groups in total. The second-order valence-corrected chi connectivity index (χ2v) is 9.09. The number of aliphatic hydroxyl groups is 1.